The molecular formula is C21H32FNO8. The first-order chi connectivity index (χ1) is 14.7. The first-order valence-corrected chi connectivity index (χ1v) is 10.3. The highest BCUT2D eigenvalue weighted by atomic mass is 19.1. The summed E-state index contributed by atoms with van der Waals surface area (Å²) in [7, 11) is 0. The molecule has 1 amide bonds. The molecule has 0 aliphatic carbocycles. The highest BCUT2D eigenvalue weighted by Gasteiger charge is 2.45. The maximum absolute atomic E-state index is 13.9. The average molecular weight is 445 g/mol. The molecule has 1 saturated heterocycles. The number of alkyl halides is 1. The van der Waals surface area contributed by atoms with Gasteiger partial charge < -0.3 is 40.3 Å². The molecule has 8 atom stereocenters. The highest BCUT2D eigenvalue weighted by molar-refractivity contribution is 5.79. The summed E-state index contributed by atoms with van der Waals surface area (Å²) in [5.41, 5.74) is 1.80. The molecule has 10 heteroatoms. The van der Waals surface area contributed by atoms with Gasteiger partial charge in [0.25, 0.3) is 0 Å². The quantitative estimate of drug-likeness (QED) is 0.267. The number of ether oxygens (including phenoxy) is 2. The molecule has 2 rings (SSSR count). The van der Waals surface area contributed by atoms with Crippen molar-refractivity contribution in [2.75, 3.05) is 13.2 Å². The first kappa shape index (κ1) is 25.6. The standard InChI is InChI=1S/C21H32FNO8/c1-3-14(25)18(27)13(23-16(26)8-12-6-4-11(2)5-7-12)10-30-21-20(29)19(28)17(22)15(9-24)31-21/h4-7,13-15,17-21,24-25,27-29H,3,8-10H2,1-2H3,(H,23,26)/t13-,14+,15?,17+,18-,19?,20-,21-/m0/s1. The van der Waals surface area contributed by atoms with Crippen LogP contribution >= 0.6 is 0 Å². The van der Waals surface area contributed by atoms with E-state index in [1.165, 1.54) is 0 Å². The van der Waals surface area contributed by atoms with E-state index >= 15 is 0 Å². The number of hydrogen-bond donors (Lipinski definition) is 6. The van der Waals surface area contributed by atoms with E-state index in [-0.39, 0.29) is 12.8 Å². The third kappa shape index (κ3) is 6.91. The van der Waals surface area contributed by atoms with Gasteiger partial charge in [-0.3, -0.25) is 4.79 Å². The third-order valence-corrected chi connectivity index (χ3v) is 5.30. The Bertz CT molecular complexity index is 688. The summed E-state index contributed by atoms with van der Waals surface area (Å²) < 4.78 is 24.4. The van der Waals surface area contributed by atoms with Crippen molar-refractivity contribution in [1.82, 2.24) is 5.32 Å². The van der Waals surface area contributed by atoms with Crippen LogP contribution in [0.25, 0.3) is 0 Å². The number of benzene rings is 1. The van der Waals surface area contributed by atoms with Crippen LogP contribution in [-0.4, -0.2) is 93.7 Å². The molecule has 0 aromatic heterocycles. The molecule has 6 N–H and O–H groups in total. The van der Waals surface area contributed by atoms with Crippen molar-refractivity contribution >= 4 is 5.91 Å². The Labute approximate surface area is 180 Å². The minimum absolute atomic E-state index is 0.0309. The van der Waals surface area contributed by atoms with Crippen LogP contribution in [0.4, 0.5) is 4.39 Å². The minimum atomic E-state index is -2.00. The van der Waals surface area contributed by atoms with Gasteiger partial charge in [-0.15, -0.1) is 0 Å². The van der Waals surface area contributed by atoms with E-state index < -0.39 is 68.1 Å². The summed E-state index contributed by atoms with van der Waals surface area (Å²) in [6.07, 6.45) is -10.8. The normalized spacial score (nSPS) is 29.2. The van der Waals surface area contributed by atoms with Gasteiger partial charge in [0.15, 0.2) is 12.5 Å². The second kappa shape index (κ2) is 11.8. The van der Waals surface area contributed by atoms with Gasteiger partial charge in [0, 0.05) is 0 Å². The Hall–Kier alpha value is -1.66. The van der Waals surface area contributed by atoms with E-state index in [0.29, 0.717) is 0 Å². The summed E-state index contributed by atoms with van der Waals surface area (Å²) in [6.45, 7) is 2.43. The fourth-order valence-electron chi connectivity index (χ4n) is 3.26. The van der Waals surface area contributed by atoms with E-state index in [0.717, 1.165) is 11.1 Å². The lowest BCUT2D eigenvalue weighted by Gasteiger charge is -2.39. The molecule has 0 saturated carbocycles. The smallest absolute Gasteiger partial charge is 0.224 e. The number of aryl methyl sites for hydroxylation is 1. The third-order valence-electron chi connectivity index (χ3n) is 5.30. The second-order valence-electron chi connectivity index (χ2n) is 7.79. The summed E-state index contributed by atoms with van der Waals surface area (Å²) in [6, 6.07) is 6.25. The van der Waals surface area contributed by atoms with Crippen LogP contribution in [0.2, 0.25) is 0 Å². The van der Waals surface area contributed by atoms with E-state index in [1.807, 2.05) is 19.1 Å². The molecular weight excluding hydrogens is 413 g/mol. The topological polar surface area (TPSA) is 149 Å². The average Bonchev–Trinajstić information content (AvgIpc) is 2.76. The number of aliphatic hydroxyl groups is 5. The molecule has 9 nitrogen and oxygen atoms in total. The lowest BCUT2D eigenvalue weighted by molar-refractivity contribution is -0.293. The zero-order chi connectivity index (χ0) is 23.1. The van der Waals surface area contributed by atoms with Gasteiger partial charge in [-0.05, 0) is 18.9 Å². The lowest BCUT2D eigenvalue weighted by Crippen LogP contribution is -2.59. The first-order valence-electron chi connectivity index (χ1n) is 10.3. The van der Waals surface area contributed by atoms with Gasteiger partial charge in [0.2, 0.25) is 5.91 Å². The number of hydrogen-bond acceptors (Lipinski definition) is 8. The molecule has 1 aliphatic rings. The van der Waals surface area contributed by atoms with Crippen molar-refractivity contribution in [2.24, 2.45) is 0 Å². The Morgan fingerprint density at radius 1 is 1.23 bits per heavy atom. The zero-order valence-corrected chi connectivity index (χ0v) is 17.6. The van der Waals surface area contributed by atoms with Crippen molar-refractivity contribution in [3.8, 4) is 0 Å². The Balaban J connectivity index is 2.03. The Morgan fingerprint density at radius 3 is 2.45 bits per heavy atom. The van der Waals surface area contributed by atoms with E-state index in [1.54, 1.807) is 19.1 Å². The number of amides is 1. The summed E-state index contributed by atoms with van der Waals surface area (Å²) >= 11 is 0. The molecule has 2 unspecified atom stereocenters. The Morgan fingerprint density at radius 2 is 1.87 bits per heavy atom. The van der Waals surface area contributed by atoms with Crippen molar-refractivity contribution in [3.63, 3.8) is 0 Å². The van der Waals surface area contributed by atoms with Crippen molar-refractivity contribution in [3.05, 3.63) is 35.4 Å². The van der Waals surface area contributed by atoms with Crippen LogP contribution in [0, 0.1) is 6.92 Å². The predicted octanol–water partition coefficient (Wildman–Crippen LogP) is -1.05. The molecule has 1 aliphatic heterocycles. The van der Waals surface area contributed by atoms with E-state index in [9.17, 15) is 34.7 Å². The van der Waals surface area contributed by atoms with E-state index in [4.69, 9.17) is 9.47 Å². The maximum atomic E-state index is 13.9. The summed E-state index contributed by atoms with van der Waals surface area (Å²) in [4.78, 5) is 12.5. The SMILES string of the molecule is CC[C@@H](O)[C@@H](O)[C@H](CO[C@H]1OC(CO)[C@@H](F)C(O)[C@@H]1O)NC(=O)Cc1ccc(C)cc1. The van der Waals surface area contributed by atoms with Crippen molar-refractivity contribution in [1.29, 1.82) is 0 Å². The minimum Gasteiger partial charge on any atom is -0.394 e. The number of carbonyl (C=O) groups excluding carboxylic acids is 1. The van der Waals surface area contributed by atoms with Gasteiger partial charge in [0.1, 0.15) is 24.4 Å². The maximum Gasteiger partial charge on any atom is 0.224 e. The van der Waals surface area contributed by atoms with Gasteiger partial charge >= 0.3 is 0 Å². The van der Waals surface area contributed by atoms with Gasteiger partial charge in [-0.25, -0.2) is 4.39 Å². The fraction of sp³-hybridized carbons (Fsp3) is 0.667. The largest absolute Gasteiger partial charge is 0.394 e. The molecule has 1 aromatic carbocycles. The van der Waals surface area contributed by atoms with Crippen molar-refractivity contribution in [2.45, 2.75) is 75.7 Å². The molecule has 0 radical (unpaired) electrons. The van der Waals surface area contributed by atoms with Gasteiger partial charge in [-0.2, -0.15) is 0 Å². The fourth-order valence-corrected chi connectivity index (χ4v) is 3.26. The lowest BCUT2D eigenvalue weighted by atomic mass is 10.0. The number of aliphatic hydroxyl groups excluding tert-OH is 5. The van der Waals surface area contributed by atoms with Crippen LogP contribution in [0.3, 0.4) is 0 Å². The molecule has 1 aromatic rings. The van der Waals surface area contributed by atoms with Crippen LogP contribution in [0.15, 0.2) is 24.3 Å². The number of rotatable bonds is 10. The zero-order valence-electron chi connectivity index (χ0n) is 17.6. The molecule has 0 bridgehead atoms. The number of halogens is 1. The van der Waals surface area contributed by atoms with Crippen LogP contribution in [-0.2, 0) is 20.7 Å². The van der Waals surface area contributed by atoms with Crippen LogP contribution < -0.4 is 5.32 Å². The Kier molecular flexibility index (Phi) is 9.76. The highest BCUT2D eigenvalue weighted by Crippen LogP contribution is 2.24. The van der Waals surface area contributed by atoms with Crippen LogP contribution in [0.5, 0.6) is 0 Å². The summed E-state index contributed by atoms with van der Waals surface area (Å²) in [5.74, 6) is -0.429. The van der Waals surface area contributed by atoms with Gasteiger partial charge in [-0.1, -0.05) is 36.8 Å². The molecule has 176 valence electrons. The molecule has 0 spiro atoms. The number of carbonyl (C=O) groups is 1. The molecule has 31 heavy (non-hydrogen) atoms. The van der Waals surface area contributed by atoms with Crippen molar-refractivity contribution < 1.29 is 44.2 Å². The second-order valence-corrected chi connectivity index (χ2v) is 7.79. The summed E-state index contributed by atoms with van der Waals surface area (Å²) in [5, 5.41) is 52.0. The monoisotopic (exact) mass is 445 g/mol. The number of nitrogens with one attached hydrogen (secondary N) is 1. The van der Waals surface area contributed by atoms with Gasteiger partial charge in [0.05, 0.1) is 31.8 Å². The van der Waals surface area contributed by atoms with E-state index in [2.05, 4.69) is 5.32 Å². The molecule has 1 heterocycles. The van der Waals surface area contributed by atoms with Crippen LogP contribution in [0.1, 0.15) is 24.5 Å². The molecule has 1 fully saturated rings. The predicted molar refractivity (Wildman–Crippen MR) is 108 cm³/mol.